The highest BCUT2D eigenvalue weighted by molar-refractivity contribution is 7.93. The van der Waals surface area contributed by atoms with Gasteiger partial charge in [-0.25, -0.2) is 17.7 Å². The Morgan fingerprint density at radius 3 is 2.56 bits per heavy atom. The van der Waals surface area contributed by atoms with Gasteiger partial charge in [-0.2, -0.15) is 0 Å². The fraction of sp³-hybridized carbons (Fsp3) is 0.344. The Bertz CT molecular complexity index is 1740. The smallest absolute Gasteiger partial charge is 0.268 e. The van der Waals surface area contributed by atoms with E-state index in [1.165, 1.54) is 7.11 Å². The molecule has 45 heavy (non-hydrogen) atoms. The van der Waals surface area contributed by atoms with Crippen molar-refractivity contribution in [2.75, 3.05) is 35.4 Å². The molecule has 240 valence electrons. The molecule has 0 saturated carbocycles. The highest BCUT2D eigenvalue weighted by atomic mass is 35.5. The largest absolute Gasteiger partial charge is 0.379 e. The summed E-state index contributed by atoms with van der Waals surface area (Å²) in [6, 6.07) is 14.3. The lowest BCUT2D eigenvalue weighted by atomic mass is 9.97. The maximum absolute atomic E-state index is 14.2. The molecule has 1 amide bonds. The SMILES string of the molecule is CCCC(=O)Nc1c(NCc2ccc(-c3ccccc3S(=O)(=O)N(COC)c3noc(C)c3C)c(COCC)c2)ccnc1Cl. The van der Waals surface area contributed by atoms with Gasteiger partial charge in [0.05, 0.1) is 17.2 Å². The van der Waals surface area contributed by atoms with Crippen LogP contribution in [0.5, 0.6) is 0 Å². The van der Waals surface area contributed by atoms with Gasteiger partial charge in [-0.05, 0) is 56.0 Å². The molecule has 4 aromatic rings. The van der Waals surface area contributed by atoms with Crippen LogP contribution in [0.1, 0.15) is 49.1 Å². The molecule has 4 rings (SSSR count). The van der Waals surface area contributed by atoms with Gasteiger partial charge in [0.1, 0.15) is 18.2 Å². The Morgan fingerprint density at radius 2 is 1.87 bits per heavy atom. The number of amides is 1. The van der Waals surface area contributed by atoms with Crippen molar-refractivity contribution in [1.82, 2.24) is 10.1 Å². The second-order valence-electron chi connectivity index (χ2n) is 10.3. The predicted molar refractivity (Wildman–Crippen MR) is 175 cm³/mol. The lowest BCUT2D eigenvalue weighted by Gasteiger charge is -2.23. The number of benzene rings is 2. The van der Waals surface area contributed by atoms with E-state index in [9.17, 15) is 13.2 Å². The second-order valence-corrected chi connectivity index (χ2v) is 12.4. The fourth-order valence-electron chi connectivity index (χ4n) is 4.71. The molecule has 2 aromatic carbocycles. The van der Waals surface area contributed by atoms with Crippen LogP contribution in [0.15, 0.2) is 64.1 Å². The predicted octanol–water partition coefficient (Wildman–Crippen LogP) is 6.69. The van der Waals surface area contributed by atoms with Crippen LogP contribution in [0.3, 0.4) is 0 Å². The van der Waals surface area contributed by atoms with Crippen molar-refractivity contribution in [2.45, 2.75) is 58.6 Å². The van der Waals surface area contributed by atoms with Crippen molar-refractivity contribution in [3.8, 4) is 11.1 Å². The van der Waals surface area contributed by atoms with Gasteiger partial charge in [0, 0.05) is 44.0 Å². The number of nitrogens with zero attached hydrogens (tertiary/aromatic N) is 3. The molecule has 0 aliphatic heterocycles. The number of hydrogen-bond acceptors (Lipinski definition) is 9. The quantitative estimate of drug-likeness (QED) is 0.106. The third-order valence-corrected chi connectivity index (χ3v) is 9.18. The average Bonchev–Trinajstić information content (AvgIpc) is 3.36. The topological polar surface area (TPSA) is 136 Å². The van der Waals surface area contributed by atoms with Gasteiger partial charge >= 0.3 is 0 Å². The molecule has 2 heterocycles. The molecule has 2 aromatic heterocycles. The highest BCUT2D eigenvalue weighted by Crippen LogP contribution is 2.36. The summed E-state index contributed by atoms with van der Waals surface area (Å²) in [4.78, 5) is 16.5. The van der Waals surface area contributed by atoms with Crippen LogP contribution in [0, 0.1) is 13.8 Å². The summed E-state index contributed by atoms with van der Waals surface area (Å²) in [5, 5.41) is 10.4. The summed E-state index contributed by atoms with van der Waals surface area (Å²) in [7, 11) is -2.72. The monoisotopic (exact) mass is 655 g/mol. The zero-order chi connectivity index (χ0) is 32.6. The molecule has 0 saturated heterocycles. The molecule has 0 bridgehead atoms. The lowest BCUT2D eigenvalue weighted by Crippen LogP contribution is -2.34. The Labute approximate surface area is 268 Å². The zero-order valence-electron chi connectivity index (χ0n) is 26.0. The number of rotatable bonds is 15. The number of aryl methyl sites for hydroxylation is 1. The number of aromatic nitrogens is 2. The fourth-order valence-corrected chi connectivity index (χ4v) is 6.50. The Balaban J connectivity index is 1.71. The summed E-state index contributed by atoms with van der Waals surface area (Å²) in [5.41, 5.74) is 4.57. The van der Waals surface area contributed by atoms with E-state index in [-0.39, 0.29) is 35.1 Å². The summed E-state index contributed by atoms with van der Waals surface area (Å²) in [6.07, 6.45) is 2.64. The Kier molecular flexibility index (Phi) is 11.6. The molecule has 11 nitrogen and oxygen atoms in total. The molecule has 0 spiro atoms. The number of carbonyl (C=O) groups is 1. The van der Waals surface area contributed by atoms with E-state index >= 15 is 0 Å². The molecule has 0 unspecified atom stereocenters. The van der Waals surface area contributed by atoms with Gasteiger partial charge in [0.15, 0.2) is 11.0 Å². The number of ether oxygens (including phenoxy) is 2. The van der Waals surface area contributed by atoms with Gasteiger partial charge in [0.25, 0.3) is 10.0 Å². The maximum Gasteiger partial charge on any atom is 0.268 e. The van der Waals surface area contributed by atoms with Crippen LogP contribution in [-0.2, 0) is 37.4 Å². The number of anilines is 3. The highest BCUT2D eigenvalue weighted by Gasteiger charge is 2.32. The first kappa shape index (κ1) is 33.9. The van der Waals surface area contributed by atoms with Crippen LogP contribution >= 0.6 is 11.6 Å². The van der Waals surface area contributed by atoms with Gasteiger partial charge in [-0.3, -0.25) is 4.79 Å². The van der Waals surface area contributed by atoms with Crippen molar-refractivity contribution in [2.24, 2.45) is 0 Å². The molecular weight excluding hydrogens is 618 g/mol. The molecular formula is C32H38ClN5O6S. The Hall–Kier alpha value is -3.97. The van der Waals surface area contributed by atoms with E-state index in [4.69, 9.17) is 25.6 Å². The number of methoxy groups -OCH3 is 1. The minimum Gasteiger partial charge on any atom is -0.379 e. The van der Waals surface area contributed by atoms with Crippen LogP contribution in [-0.4, -0.2) is 44.9 Å². The van der Waals surface area contributed by atoms with Crippen molar-refractivity contribution in [3.05, 3.63) is 82.3 Å². The Morgan fingerprint density at radius 1 is 1.09 bits per heavy atom. The molecule has 0 atom stereocenters. The van der Waals surface area contributed by atoms with E-state index in [0.29, 0.717) is 59.8 Å². The van der Waals surface area contributed by atoms with E-state index in [0.717, 1.165) is 15.4 Å². The molecule has 13 heteroatoms. The minimum absolute atomic E-state index is 0.0876. The molecule has 0 radical (unpaired) electrons. The number of sulfonamides is 1. The number of hydrogen-bond donors (Lipinski definition) is 2. The van der Waals surface area contributed by atoms with Gasteiger partial charge in [-0.1, -0.05) is 60.1 Å². The third-order valence-electron chi connectivity index (χ3n) is 7.12. The van der Waals surface area contributed by atoms with Crippen molar-refractivity contribution >= 4 is 44.7 Å². The first-order valence-corrected chi connectivity index (χ1v) is 16.4. The van der Waals surface area contributed by atoms with Gasteiger partial charge < -0.3 is 24.6 Å². The van der Waals surface area contributed by atoms with E-state index in [2.05, 4.69) is 20.8 Å². The van der Waals surface area contributed by atoms with Crippen LogP contribution < -0.4 is 14.9 Å². The van der Waals surface area contributed by atoms with Gasteiger partial charge in [0.2, 0.25) is 5.91 Å². The number of halogens is 1. The van der Waals surface area contributed by atoms with Crippen molar-refractivity contribution in [3.63, 3.8) is 0 Å². The number of carbonyl (C=O) groups excluding carboxylic acids is 1. The van der Waals surface area contributed by atoms with Crippen molar-refractivity contribution in [1.29, 1.82) is 0 Å². The molecule has 0 aliphatic carbocycles. The van der Waals surface area contributed by atoms with Crippen molar-refractivity contribution < 1.29 is 27.2 Å². The summed E-state index contributed by atoms with van der Waals surface area (Å²) >= 11 is 6.32. The van der Waals surface area contributed by atoms with Crippen LogP contribution in [0.2, 0.25) is 5.15 Å². The standard InChI is InChI=1S/C32H38ClN5O6S/c1-6-10-29(39)36-30-27(15-16-34-31(30)33)35-18-23-13-14-25(24(17-23)19-43-7-2)26-11-8-9-12-28(26)45(40,41)38(20-42-5)32-21(3)22(4)44-37-32/h8-9,11-17H,6-7,10,18-20H2,1-5H3,(H,34,35)(H,36,39). The molecule has 2 N–H and O–H groups in total. The van der Waals surface area contributed by atoms with Gasteiger partial charge in [-0.15, -0.1) is 0 Å². The van der Waals surface area contributed by atoms with Crippen LogP contribution in [0.25, 0.3) is 11.1 Å². The first-order chi connectivity index (χ1) is 21.6. The second kappa shape index (κ2) is 15.3. The van der Waals surface area contributed by atoms with E-state index in [1.807, 2.05) is 32.0 Å². The minimum atomic E-state index is -4.14. The van der Waals surface area contributed by atoms with Crippen LogP contribution in [0.4, 0.5) is 17.2 Å². The summed E-state index contributed by atoms with van der Waals surface area (Å²) < 4.78 is 45.8. The van der Waals surface area contributed by atoms with E-state index < -0.39 is 10.0 Å². The number of pyridine rings is 1. The summed E-state index contributed by atoms with van der Waals surface area (Å²) in [6.45, 7) is 8.18. The number of nitrogens with one attached hydrogen (secondary N) is 2. The normalized spacial score (nSPS) is 11.4. The first-order valence-electron chi connectivity index (χ1n) is 14.5. The third kappa shape index (κ3) is 7.82. The average molecular weight is 656 g/mol. The summed E-state index contributed by atoms with van der Waals surface area (Å²) in [5.74, 6) is 0.536. The zero-order valence-corrected chi connectivity index (χ0v) is 27.6. The lowest BCUT2D eigenvalue weighted by molar-refractivity contribution is -0.116. The molecule has 0 fully saturated rings. The van der Waals surface area contributed by atoms with E-state index in [1.54, 1.807) is 50.4 Å². The molecule has 0 aliphatic rings. The maximum atomic E-state index is 14.2.